The molecule has 0 aliphatic rings. The highest BCUT2D eigenvalue weighted by Gasteiger charge is 2.08. The maximum absolute atomic E-state index is 13.4. The molecule has 122 valence electrons. The van der Waals surface area contributed by atoms with Gasteiger partial charge in [-0.2, -0.15) is 0 Å². The SMILES string of the molecule is CCN(C)/C=N\c1cc(Cl)cc(Cc2ccc(F)c(C)c2)c1C. The fraction of sp³-hybridized carbons (Fsp3) is 0.316. The van der Waals surface area contributed by atoms with E-state index in [4.69, 9.17) is 11.6 Å². The Labute approximate surface area is 142 Å². The van der Waals surface area contributed by atoms with Crippen molar-refractivity contribution in [2.75, 3.05) is 13.6 Å². The summed E-state index contributed by atoms with van der Waals surface area (Å²) >= 11 is 6.25. The van der Waals surface area contributed by atoms with Gasteiger partial charge in [0.1, 0.15) is 5.82 Å². The van der Waals surface area contributed by atoms with Gasteiger partial charge in [-0.25, -0.2) is 9.38 Å². The van der Waals surface area contributed by atoms with E-state index in [0.29, 0.717) is 17.0 Å². The smallest absolute Gasteiger partial charge is 0.126 e. The maximum Gasteiger partial charge on any atom is 0.126 e. The number of halogens is 2. The van der Waals surface area contributed by atoms with E-state index in [1.807, 2.05) is 49.5 Å². The Kier molecular flexibility index (Phi) is 5.78. The average molecular weight is 333 g/mol. The van der Waals surface area contributed by atoms with Crippen LogP contribution in [-0.2, 0) is 6.42 Å². The summed E-state index contributed by atoms with van der Waals surface area (Å²) in [6.45, 7) is 6.78. The van der Waals surface area contributed by atoms with Gasteiger partial charge in [-0.3, -0.25) is 0 Å². The van der Waals surface area contributed by atoms with Gasteiger partial charge in [-0.15, -0.1) is 0 Å². The van der Waals surface area contributed by atoms with Crippen molar-refractivity contribution in [3.63, 3.8) is 0 Å². The van der Waals surface area contributed by atoms with Crippen LogP contribution >= 0.6 is 11.6 Å². The summed E-state index contributed by atoms with van der Waals surface area (Å²) in [6, 6.07) is 9.04. The highest BCUT2D eigenvalue weighted by Crippen LogP contribution is 2.29. The first-order valence-electron chi connectivity index (χ1n) is 7.69. The molecule has 2 aromatic rings. The number of hydrogen-bond donors (Lipinski definition) is 0. The topological polar surface area (TPSA) is 15.6 Å². The standard InChI is InChI=1S/C19H22ClFN2/c1-5-23(4)12-22-19-11-17(20)10-16(14(19)3)9-15-6-7-18(21)13(2)8-15/h6-8,10-12H,5,9H2,1-4H3/b22-12-. The van der Waals surface area contributed by atoms with Gasteiger partial charge in [0.2, 0.25) is 0 Å². The molecular weight excluding hydrogens is 311 g/mol. The van der Waals surface area contributed by atoms with Crippen LogP contribution in [0.1, 0.15) is 29.2 Å². The first kappa shape index (κ1) is 17.5. The van der Waals surface area contributed by atoms with Crippen LogP contribution in [0.4, 0.5) is 10.1 Å². The minimum absolute atomic E-state index is 0.176. The minimum atomic E-state index is -0.176. The number of aryl methyl sites for hydroxylation is 1. The van der Waals surface area contributed by atoms with Crippen molar-refractivity contribution < 1.29 is 4.39 Å². The Morgan fingerprint density at radius 2 is 1.96 bits per heavy atom. The van der Waals surface area contributed by atoms with Gasteiger partial charge in [0.25, 0.3) is 0 Å². The molecule has 0 aliphatic heterocycles. The van der Waals surface area contributed by atoms with Crippen molar-refractivity contribution in [3.8, 4) is 0 Å². The first-order chi connectivity index (χ1) is 10.9. The number of rotatable bonds is 5. The summed E-state index contributed by atoms with van der Waals surface area (Å²) in [4.78, 5) is 6.53. The van der Waals surface area contributed by atoms with E-state index in [1.54, 1.807) is 6.92 Å². The molecule has 2 nitrogen and oxygen atoms in total. The van der Waals surface area contributed by atoms with Crippen LogP contribution in [0.3, 0.4) is 0 Å². The predicted octanol–water partition coefficient (Wildman–Crippen LogP) is 5.30. The summed E-state index contributed by atoms with van der Waals surface area (Å²) in [5.74, 6) is -0.176. The van der Waals surface area contributed by atoms with Gasteiger partial charge in [0, 0.05) is 18.6 Å². The van der Waals surface area contributed by atoms with Gasteiger partial charge in [0.15, 0.2) is 0 Å². The summed E-state index contributed by atoms with van der Waals surface area (Å²) in [6.07, 6.45) is 2.52. The van der Waals surface area contributed by atoms with Crippen LogP contribution in [0.15, 0.2) is 35.3 Å². The molecule has 0 heterocycles. The zero-order chi connectivity index (χ0) is 17.0. The Morgan fingerprint density at radius 3 is 2.61 bits per heavy atom. The molecule has 2 rings (SSSR count). The van der Waals surface area contributed by atoms with Crippen LogP contribution in [-0.4, -0.2) is 24.8 Å². The van der Waals surface area contributed by atoms with Crippen molar-refractivity contribution in [3.05, 3.63) is 63.4 Å². The zero-order valence-corrected chi connectivity index (χ0v) is 14.8. The summed E-state index contributed by atoms with van der Waals surface area (Å²) < 4.78 is 13.4. The molecule has 0 amide bonds. The Hall–Kier alpha value is -1.87. The molecule has 4 heteroatoms. The van der Waals surface area contributed by atoms with Crippen molar-refractivity contribution in [2.24, 2.45) is 4.99 Å². The summed E-state index contributed by atoms with van der Waals surface area (Å²) in [7, 11) is 1.98. The van der Waals surface area contributed by atoms with Gasteiger partial charge in [0.05, 0.1) is 12.0 Å². The van der Waals surface area contributed by atoms with E-state index in [2.05, 4.69) is 11.9 Å². The molecule has 23 heavy (non-hydrogen) atoms. The van der Waals surface area contributed by atoms with Crippen molar-refractivity contribution in [1.82, 2.24) is 4.90 Å². The van der Waals surface area contributed by atoms with E-state index in [0.717, 1.165) is 28.9 Å². The summed E-state index contributed by atoms with van der Waals surface area (Å²) in [5.41, 5.74) is 4.79. The lowest BCUT2D eigenvalue weighted by atomic mass is 9.98. The first-order valence-corrected chi connectivity index (χ1v) is 8.07. The Bertz CT molecular complexity index is 726. The third-order valence-electron chi connectivity index (χ3n) is 3.96. The van der Waals surface area contributed by atoms with E-state index >= 15 is 0 Å². The second-order valence-corrected chi connectivity index (χ2v) is 6.22. The highest BCUT2D eigenvalue weighted by atomic mass is 35.5. The number of hydrogen-bond acceptors (Lipinski definition) is 1. The van der Waals surface area contributed by atoms with Gasteiger partial charge in [-0.05, 0) is 67.6 Å². The molecular formula is C19H22ClFN2. The van der Waals surface area contributed by atoms with Gasteiger partial charge < -0.3 is 4.90 Å². The van der Waals surface area contributed by atoms with Crippen LogP contribution in [0.5, 0.6) is 0 Å². The van der Waals surface area contributed by atoms with Crippen LogP contribution in [0.25, 0.3) is 0 Å². The third kappa shape index (κ3) is 4.55. The Morgan fingerprint density at radius 1 is 1.22 bits per heavy atom. The molecule has 0 radical (unpaired) electrons. The zero-order valence-electron chi connectivity index (χ0n) is 14.0. The maximum atomic E-state index is 13.4. The highest BCUT2D eigenvalue weighted by molar-refractivity contribution is 6.31. The van der Waals surface area contributed by atoms with Crippen molar-refractivity contribution >= 4 is 23.6 Å². The normalized spacial score (nSPS) is 11.2. The van der Waals surface area contributed by atoms with Gasteiger partial charge in [-0.1, -0.05) is 23.7 Å². The molecule has 0 N–H and O–H groups in total. The molecule has 0 fully saturated rings. The molecule has 0 aromatic heterocycles. The third-order valence-corrected chi connectivity index (χ3v) is 4.18. The summed E-state index contributed by atoms with van der Waals surface area (Å²) in [5, 5.41) is 0.663. The quantitative estimate of drug-likeness (QED) is 0.536. The van der Waals surface area contributed by atoms with E-state index < -0.39 is 0 Å². The predicted molar refractivity (Wildman–Crippen MR) is 96.6 cm³/mol. The monoisotopic (exact) mass is 332 g/mol. The van der Waals surface area contributed by atoms with E-state index in [1.165, 1.54) is 6.07 Å². The second-order valence-electron chi connectivity index (χ2n) is 5.79. The number of benzene rings is 2. The minimum Gasteiger partial charge on any atom is -0.366 e. The molecule has 0 aliphatic carbocycles. The lowest BCUT2D eigenvalue weighted by Gasteiger charge is -2.12. The van der Waals surface area contributed by atoms with Gasteiger partial charge >= 0.3 is 0 Å². The van der Waals surface area contributed by atoms with Crippen LogP contribution in [0, 0.1) is 19.7 Å². The molecule has 0 saturated heterocycles. The molecule has 0 saturated carbocycles. The van der Waals surface area contributed by atoms with Crippen molar-refractivity contribution in [1.29, 1.82) is 0 Å². The fourth-order valence-corrected chi connectivity index (χ4v) is 2.55. The molecule has 0 spiro atoms. The Balaban J connectivity index is 2.33. The van der Waals surface area contributed by atoms with Crippen LogP contribution in [0.2, 0.25) is 5.02 Å². The number of aliphatic imine (C=N–C) groups is 1. The molecule has 0 atom stereocenters. The fourth-order valence-electron chi connectivity index (χ4n) is 2.32. The molecule has 2 aromatic carbocycles. The lowest BCUT2D eigenvalue weighted by Crippen LogP contribution is -2.14. The number of nitrogens with zero attached hydrogens (tertiary/aromatic N) is 2. The molecule has 0 unspecified atom stereocenters. The van der Waals surface area contributed by atoms with E-state index in [9.17, 15) is 4.39 Å². The van der Waals surface area contributed by atoms with Crippen molar-refractivity contribution in [2.45, 2.75) is 27.2 Å². The van der Waals surface area contributed by atoms with E-state index in [-0.39, 0.29) is 5.82 Å². The van der Waals surface area contributed by atoms with Crippen LogP contribution < -0.4 is 0 Å². The molecule has 0 bridgehead atoms. The average Bonchev–Trinajstić information content (AvgIpc) is 2.52. The lowest BCUT2D eigenvalue weighted by molar-refractivity contribution is 0.552. The largest absolute Gasteiger partial charge is 0.366 e. The second kappa shape index (κ2) is 7.60.